The maximum Gasteiger partial charge on any atom is 0.260 e. The maximum atomic E-state index is 13.8. The molecule has 1 amide bonds. The number of rotatable bonds is 3. The predicted octanol–water partition coefficient (Wildman–Crippen LogP) is 2.29. The Labute approximate surface area is 153 Å². The first-order valence-corrected chi connectivity index (χ1v) is 7.57. The number of hydrogen-bond acceptors (Lipinski definition) is 5. The highest BCUT2D eigenvalue weighted by Crippen LogP contribution is 2.26. The van der Waals surface area contributed by atoms with Crippen molar-refractivity contribution in [1.29, 1.82) is 0 Å². The van der Waals surface area contributed by atoms with Gasteiger partial charge in [0.05, 0.1) is 17.4 Å². The summed E-state index contributed by atoms with van der Waals surface area (Å²) >= 11 is 0. The topological polar surface area (TPSA) is 77.5 Å². The Bertz CT molecular complexity index is 799. The first kappa shape index (κ1) is 19.8. The number of aromatic hydroxyl groups is 1. The molecule has 0 bridgehead atoms. The Balaban J connectivity index is 0.00000243. The Morgan fingerprint density at radius 1 is 1.19 bits per heavy atom. The Morgan fingerprint density at radius 2 is 1.88 bits per heavy atom. The SMILES string of the molecule is Cl.O=C(Nc1ccc(N2CCNCC2)cn1)c1cc(F)c(F)c(O)c1F. The van der Waals surface area contributed by atoms with Gasteiger partial charge < -0.3 is 20.6 Å². The summed E-state index contributed by atoms with van der Waals surface area (Å²) < 4.78 is 40.1. The van der Waals surface area contributed by atoms with Crippen molar-refractivity contribution >= 4 is 29.8 Å². The number of benzene rings is 1. The van der Waals surface area contributed by atoms with Gasteiger partial charge in [-0.25, -0.2) is 13.8 Å². The number of piperazine rings is 1. The Hall–Kier alpha value is -2.52. The Morgan fingerprint density at radius 3 is 2.50 bits per heavy atom. The van der Waals surface area contributed by atoms with Gasteiger partial charge in [-0.15, -0.1) is 12.4 Å². The van der Waals surface area contributed by atoms with Gasteiger partial charge in [0.1, 0.15) is 5.82 Å². The van der Waals surface area contributed by atoms with E-state index >= 15 is 0 Å². The van der Waals surface area contributed by atoms with Crippen molar-refractivity contribution in [2.24, 2.45) is 0 Å². The molecule has 1 aliphatic rings. The molecule has 0 aliphatic carbocycles. The zero-order chi connectivity index (χ0) is 18.0. The molecule has 0 radical (unpaired) electrons. The standard InChI is InChI=1S/C16H15F3N4O2.ClH/c17-11-7-10(13(18)15(24)14(11)19)16(25)22-12-2-1-9(8-21-12)23-5-3-20-4-6-23;/h1-2,7-8,20,24H,3-6H2,(H,21,22,25);1H. The molecule has 0 unspecified atom stereocenters. The number of nitrogens with zero attached hydrogens (tertiary/aromatic N) is 2. The molecule has 2 aromatic rings. The van der Waals surface area contributed by atoms with E-state index in [9.17, 15) is 18.0 Å². The molecule has 0 atom stereocenters. The van der Waals surface area contributed by atoms with Crippen LogP contribution >= 0.6 is 12.4 Å². The average Bonchev–Trinajstić information content (AvgIpc) is 2.64. The number of hydrogen-bond donors (Lipinski definition) is 3. The molecule has 26 heavy (non-hydrogen) atoms. The van der Waals surface area contributed by atoms with Gasteiger partial charge in [0.15, 0.2) is 17.4 Å². The van der Waals surface area contributed by atoms with Crippen LogP contribution in [-0.4, -0.2) is 42.2 Å². The van der Waals surface area contributed by atoms with E-state index in [2.05, 4.69) is 20.5 Å². The van der Waals surface area contributed by atoms with Crippen LogP contribution in [0.2, 0.25) is 0 Å². The molecule has 140 valence electrons. The first-order chi connectivity index (χ1) is 12.0. The maximum absolute atomic E-state index is 13.8. The lowest BCUT2D eigenvalue weighted by Gasteiger charge is -2.29. The summed E-state index contributed by atoms with van der Waals surface area (Å²) in [5, 5.41) is 14.7. The number of phenolic OH excluding ortho intramolecular Hbond substituents is 1. The fourth-order valence-corrected chi connectivity index (χ4v) is 2.51. The van der Waals surface area contributed by atoms with E-state index in [-0.39, 0.29) is 18.2 Å². The van der Waals surface area contributed by atoms with Crippen LogP contribution in [0.4, 0.5) is 24.7 Å². The van der Waals surface area contributed by atoms with Gasteiger partial charge in [-0.2, -0.15) is 4.39 Å². The number of pyridine rings is 1. The molecule has 1 aromatic carbocycles. The smallest absolute Gasteiger partial charge is 0.260 e. The quantitative estimate of drug-likeness (QED) is 0.703. The van der Waals surface area contributed by atoms with Crippen LogP contribution in [-0.2, 0) is 0 Å². The molecule has 3 rings (SSSR count). The first-order valence-electron chi connectivity index (χ1n) is 7.57. The van der Waals surface area contributed by atoms with Gasteiger partial charge in [-0.1, -0.05) is 0 Å². The number of anilines is 2. The van der Waals surface area contributed by atoms with Crippen molar-refractivity contribution in [2.45, 2.75) is 0 Å². The molecule has 2 heterocycles. The second kappa shape index (κ2) is 8.24. The highest BCUT2D eigenvalue weighted by atomic mass is 35.5. The third-order valence-electron chi connectivity index (χ3n) is 3.85. The summed E-state index contributed by atoms with van der Waals surface area (Å²) in [6, 6.07) is 3.65. The monoisotopic (exact) mass is 388 g/mol. The van der Waals surface area contributed by atoms with Crippen LogP contribution in [0.5, 0.6) is 5.75 Å². The third-order valence-corrected chi connectivity index (χ3v) is 3.85. The number of phenols is 1. The van der Waals surface area contributed by atoms with Crippen LogP contribution < -0.4 is 15.5 Å². The van der Waals surface area contributed by atoms with Gasteiger partial charge in [-0.3, -0.25) is 4.79 Å². The molecular weight excluding hydrogens is 373 g/mol. The molecular formula is C16H16ClF3N4O2. The van der Waals surface area contributed by atoms with Gasteiger partial charge >= 0.3 is 0 Å². The molecule has 10 heteroatoms. The minimum atomic E-state index is -1.74. The zero-order valence-corrected chi connectivity index (χ0v) is 14.2. The second-order valence-electron chi connectivity index (χ2n) is 5.48. The van der Waals surface area contributed by atoms with E-state index in [1.165, 1.54) is 6.07 Å². The van der Waals surface area contributed by atoms with E-state index < -0.39 is 34.7 Å². The summed E-state index contributed by atoms with van der Waals surface area (Å²) in [4.78, 5) is 18.2. The molecule has 1 saturated heterocycles. The summed E-state index contributed by atoms with van der Waals surface area (Å²) in [5.74, 6) is -7.26. The molecule has 0 spiro atoms. The number of halogens is 4. The second-order valence-corrected chi connectivity index (χ2v) is 5.48. The molecule has 1 aromatic heterocycles. The lowest BCUT2D eigenvalue weighted by Crippen LogP contribution is -2.43. The number of nitrogens with one attached hydrogen (secondary N) is 2. The molecule has 6 nitrogen and oxygen atoms in total. The van der Waals surface area contributed by atoms with Crippen LogP contribution in [0.25, 0.3) is 0 Å². The van der Waals surface area contributed by atoms with Crippen molar-refractivity contribution in [2.75, 3.05) is 36.4 Å². The minimum Gasteiger partial charge on any atom is -0.503 e. The van der Waals surface area contributed by atoms with Gasteiger partial charge in [0.25, 0.3) is 5.91 Å². The third kappa shape index (κ3) is 4.00. The van der Waals surface area contributed by atoms with Gasteiger partial charge in [0.2, 0.25) is 5.82 Å². The van der Waals surface area contributed by atoms with Crippen LogP contribution in [0, 0.1) is 17.5 Å². The highest BCUT2D eigenvalue weighted by molar-refractivity contribution is 6.04. The van der Waals surface area contributed by atoms with E-state index in [0.717, 1.165) is 31.9 Å². The van der Waals surface area contributed by atoms with Crippen molar-refractivity contribution in [1.82, 2.24) is 10.3 Å². The number of carbonyl (C=O) groups is 1. The lowest BCUT2D eigenvalue weighted by molar-refractivity contribution is 0.102. The lowest BCUT2D eigenvalue weighted by atomic mass is 10.1. The van der Waals surface area contributed by atoms with Crippen LogP contribution in [0.3, 0.4) is 0 Å². The summed E-state index contributed by atoms with van der Waals surface area (Å²) in [6.45, 7) is 3.37. The fourth-order valence-electron chi connectivity index (χ4n) is 2.51. The predicted molar refractivity (Wildman–Crippen MR) is 92.5 cm³/mol. The average molecular weight is 389 g/mol. The largest absolute Gasteiger partial charge is 0.503 e. The van der Waals surface area contributed by atoms with Crippen LogP contribution in [0.1, 0.15) is 10.4 Å². The van der Waals surface area contributed by atoms with Crippen molar-refractivity contribution in [3.63, 3.8) is 0 Å². The van der Waals surface area contributed by atoms with Gasteiger partial charge in [-0.05, 0) is 18.2 Å². The van der Waals surface area contributed by atoms with E-state index in [0.29, 0.717) is 6.07 Å². The number of amides is 1. The summed E-state index contributed by atoms with van der Waals surface area (Å²) in [5.41, 5.74) is 0.0560. The zero-order valence-electron chi connectivity index (χ0n) is 13.4. The Kier molecular flexibility index (Phi) is 6.27. The summed E-state index contributed by atoms with van der Waals surface area (Å²) in [6.07, 6.45) is 1.56. The fraction of sp³-hybridized carbons (Fsp3) is 0.250. The normalized spacial score (nSPS) is 13.9. The molecule has 1 aliphatic heterocycles. The highest BCUT2D eigenvalue weighted by Gasteiger charge is 2.22. The van der Waals surface area contributed by atoms with Crippen molar-refractivity contribution in [3.05, 3.63) is 47.4 Å². The van der Waals surface area contributed by atoms with E-state index in [1.807, 2.05) is 0 Å². The molecule has 1 fully saturated rings. The van der Waals surface area contributed by atoms with Crippen molar-refractivity contribution in [3.8, 4) is 5.75 Å². The van der Waals surface area contributed by atoms with Crippen molar-refractivity contribution < 1.29 is 23.1 Å². The van der Waals surface area contributed by atoms with Crippen LogP contribution in [0.15, 0.2) is 24.4 Å². The number of carbonyl (C=O) groups excluding carboxylic acids is 1. The minimum absolute atomic E-state index is 0. The molecule has 0 saturated carbocycles. The van der Waals surface area contributed by atoms with Gasteiger partial charge in [0, 0.05) is 26.2 Å². The number of aromatic nitrogens is 1. The summed E-state index contributed by atoms with van der Waals surface area (Å²) in [7, 11) is 0. The molecule has 3 N–H and O–H groups in total. The van der Waals surface area contributed by atoms with E-state index in [1.54, 1.807) is 12.3 Å². The van der Waals surface area contributed by atoms with E-state index in [4.69, 9.17) is 5.11 Å².